The third-order valence-corrected chi connectivity index (χ3v) is 2.85. The van der Waals surface area contributed by atoms with Crippen LogP contribution in [0.1, 0.15) is 26.4 Å². The molecule has 1 aromatic heterocycles. The van der Waals surface area contributed by atoms with Crippen LogP contribution in [0.4, 0.5) is 4.39 Å². The lowest BCUT2D eigenvalue weighted by Gasteiger charge is -2.09. The molecule has 0 saturated heterocycles. The van der Waals surface area contributed by atoms with Gasteiger partial charge in [0.15, 0.2) is 11.5 Å². The Morgan fingerprint density at radius 3 is 2.40 bits per heavy atom. The van der Waals surface area contributed by atoms with Crippen molar-refractivity contribution in [3.8, 4) is 0 Å². The number of esters is 2. The quantitative estimate of drug-likeness (QED) is 0.788. The summed E-state index contributed by atoms with van der Waals surface area (Å²) in [6, 6.07) is 4.96. The Labute approximate surface area is 114 Å². The summed E-state index contributed by atoms with van der Waals surface area (Å²) in [5.41, 5.74) is 0.290. The second-order valence-electron chi connectivity index (χ2n) is 4.15. The molecule has 0 saturated carbocycles. The molecule has 20 heavy (non-hydrogen) atoms. The highest BCUT2D eigenvalue weighted by Gasteiger charge is 2.25. The number of ether oxygens (including phenoxy) is 2. The Kier molecular flexibility index (Phi) is 3.65. The average Bonchev–Trinajstić information content (AvgIpc) is 2.45. The van der Waals surface area contributed by atoms with Crippen LogP contribution in [0.5, 0.6) is 0 Å². The fourth-order valence-electron chi connectivity index (χ4n) is 1.89. The van der Waals surface area contributed by atoms with E-state index in [0.29, 0.717) is 10.9 Å². The Hall–Kier alpha value is -2.50. The smallest absolute Gasteiger partial charge is 0.359 e. The first-order valence-corrected chi connectivity index (χ1v) is 5.76. The molecule has 0 atom stereocenters. The first kappa shape index (κ1) is 13.9. The molecule has 0 aliphatic carbocycles. The van der Waals surface area contributed by atoms with Gasteiger partial charge in [-0.05, 0) is 19.1 Å². The first-order chi connectivity index (χ1) is 9.49. The Morgan fingerprint density at radius 1 is 1.15 bits per heavy atom. The minimum Gasteiger partial charge on any atom is -0.465 e. The summed E-state index contributed by atoms with van der Waals surface area (Å²) in [6.45, 7) is 1.80. The van der Waals surface area contributed by atoms with Gasteiger partial charge in [-0.2, -0.15) is 0 Å². The SMILES string of the molecule is COC(=O)c1nc2ccc(C)cc2c(C(=O)OC)c1F. The van der Waals surface area contributed by atoms with Crippen LogP contribution in [0, 0.1) is 12.7 Å². The van der Waals surface area contributed by atoms with Crippen LogP contribution in [-0.2, 0) is 9.47 Å². The maximum Gasteiger partial charge on any atom is 0.359 e. The zero-order valence-corrected chi connectivity index (χ0v) is 11.2. The lowest BCUT2D eigenvalue weighted by atomic mass is 10.0. The van der Waals surface area contributed by atoms with Gasteiger partial charge in [-0.3, -0.25) is 0 Å². The molecule has 0 bridgehead atoms. The topological polar surface area (TPSA) is 65.5 Å². The molecule has 0 aliphatic heterocycles. The van der Waals surface area contributed by atoms with Gasteiger partial charge in [-0.15, -0.1) is 0 Å². The van der Waals surface area contributed by atoms with E-state index < -0.39 is 23.4 Å². The van der Waals surface area contributed by atoms with E-state index in [2.05, 4.69) is 14.5 Å². The van der Waals surface area contributed by atoms with Crippen LogP contribution in [0.3, 0.4) is 0 Å². The van der Waals surface area contributed by atoms with Crippen molar-refractivity contribution in [3.63, 3.8) is 0 Å². The molecule has 5 nitrogen and oxygen atoms in total. The fraction of sp³-hybridized carbons (Fsp3) is 0.214. The summed E-state index contributed by atoms with van der Waals surface area (Å²) in [6.07, 6.45) is 0. The molecule has 0 radical (unpaired) electrons. The van der Waals surface area contributed by atoms with E-state index in [1.165, 1.54) is 0 Å². The minimum absolute atomic E-state index is 0.294. The molecular weight excluding hydrogens is 265 g/mol. The second-order valence-corrected chi connectivity index (χ2v) is 4.15. The number of pyridine rings is 1. The lowest BCUT2D eigenvalue weighted by Crippen LogP contribution is -2.14. The van der Waals surface area contributed by atoms with Crippen molar-refractivity contribution in [2.75, 3.05) is 14.2 Å². The zero-order chi connectivity index (χ0) is 14.9. The maximum atomic E-state index is 14.3. The summed E-state index contributed by atoms with van der Waals surface area (Å²) in [7, 11) is 2.25. The van der Waals surface area contributed by atoms with Gasteiger partial charge < -0.3 is 9.47 Å². The Morgan fingerprint density at radius 2 is 1.80 bits per heavy atom. The molecule has 104 valence electrons. The predicted molar refractivity (Wildman–Crippen MR) is 69.1 cm³/mol. The van der Waals surface area contributed by atoms with Crippen molar-refractivity contribution in [1.29, 1.82) is 0 Å². The Balaban J connectivity index is 2.88. The molecule has 0 spiro atoms. The largest absolute Gasteiger partial charge is 0.465 e. The van der Waals surface area contributed by atoms with E-state index >= 15 is 0 Å². The molecule has 2 rings (SSSR count). The molecular formula is C14H12FNO4. The van der Waals surface area contributed by atoms with Crippen LogP contribution in [0.15, 0.2) is 18.2 Å². The number of methoxy groups -OCH3 is 2. The van der Waals surface area contributed by atoms with Crippen molar-refractivity contribution in [2.45, 2.75) is 6.92 Å². The lowest BCUT2D eigenvalue weighted by molar-refractivity contribution is 0.0585. The van der Waals surface area contributed by atoms with E-state index in [4.69, 9.17) is 0 Å². The third-order valence-electron chi connectivity index (χ3n) is 2.85. The Bertz CT molecular complexity index is 712. The number of benzene rings is 1. The minimum atomic E-state index is -1.04. The van der Waals surface area contributed by atoms with Crippen LogP contribution in [-0.4, -0.2) is 31.1 Å². The van der Waals surface area contributed by atoms with Crippen LogP contribution >= 0.6 is 0 Å². The fourth-order valence-corrected chi connectivity index (χ4v) is 1.89. The molecule has 0 fully saturated rings. The molecule has 0 N–H and O–H groups in total. The number of aromatic nitrogens is 1. The molecule has 0 aliphatic rings. The number of carbonyl (C=O) groups is 2. The van der Waals surface area contributed by atoms with Crippen molar-refractivity contribution >= 4 is 22.8 Å². The van der Waals surface area contributed by atoms with Gasteiger partial charge in [-0.25, -0.2) is 19.0 Å². The number of aryl methyl sites for hydroxylation is 1. The van der Waals surface area contributed by atoms with Crippen molar-refractivity contribution in [2.24, 2.45) is 0 Å². The highest BCUT2D eigenvalue weighted by Crippen LogP contribution is 2.24. The van der Waals surface area contributed by atoms with E-state index in [1.54, 1.807) is 25.1 Å². The first-order valence-electron chi connectivity index (χ1n) is 5.76. The number of halogens is 1. The van der Waals surface area contributed by atoms with Gasteiger partial charge in [0.1, 0.15) is 5.56 Å². The van der Waals surface area contributed by atoms with Crippen molar-refractivity contribution < 1.29 is 23.5 Å². The second kappa shape index (κ2) is 5.24. The monoisotopic (exact) mass is 277 g/mol. The molecule has 0 unspecified atom stereocenters. The van der Waals surface area contributed by atoms with Crippen molar-refractivity contribution in [3.05, 3.63) is 40.8 Å². The number of hydrogen-bond donors (Lipinski definition) is 0. The zero-order valence-electron chi connectivity index (χ0n) is 11.2. The van der Waals surface area contributed by atoms with Crippen LogP contribution < -0.4 is 0 Å². The molecule has 1 aromatic carbocycles. The number of carbonyl (C=O) groups excluding carboxylic acids is 2. The summed E-state index contributed by atoms with van der Waals surface area (Å²) in [4.78, 5) is 27.2. The number of fused-ring (bicyclic) bond motifs is 1. The van der Waals surface area contributed by atoms with Gasteiger partial charge in [0.05, 0.1) is 19.7 Å². The third kappa shape index (κ3) is 2.20. The average molecular weight is 277 g/mol. The number of hydrogen-bond acceptors (Lipinski definition) is 5. The van der Waals surface area contributed by atoms with Crippen LogP contribution in [0.25, 0.3) is 10.9 Å². The van der Waals surface area contributed by atoms with Gasteiger partial charge >= 0.3 is 11.9 Å². The summed E-state index contributed by atoms with van der Waals surface area (Å²) in [5.74, 6) is -2.86. The molecule has 0 amide bonds. The maximum absolute atomic E-state index is 14.3. The van der Waals surface area contributed by atoms with E-state index in [9.17, 15) is 14.0 Å². The van der Waals surface area contributed by atoms with E-state index in [-0.39, 0.29) is 5.56 Å². The number of rotatable bonds is 2. The molecule has 2 aromatic rings. The highest BCUT2D eigenvalue weighted by atomic mass is 19.1. The van der Waals surface area contributed by atoms with E-state index in [0.717, 1.165) is 19.8 Å². The summed E-state index contributed by atoms with van der Waals surface area (Å²) >= 11 is 0. The standard InChI is InChI=1S/C14H12FNO4/c1-7-4-5-9-8(6-7)10(13(17)19-2)11(15)12(16-9)14(18)20-3/h4-6H,1-3H3. The normalized spacial score (nSPS) is 10.4. The molecule has 6 heteroatoms. The predicted octanol–water partition coefficient (Wildman–Crippen LogP) is 2.26. The number of nitrogens with zero attached hydrogens (tertiary/aromatic N) is 1. The van der Waals surface area contributed by atoms with E-state index in [1.807, 2.05) is 0 Å². The molecule has 1 heterocycles. The highest BCUT2D eigenvalue weighted by molar-refractivity contribution is 6.06. The van der Waals surface area contributed by atoms with Gasteiger partial charge in [0.25, 0.3) is 0 Å². The van der Waals surface area contributed by atoms with Gasteiger partial charge in [0, 0.05) is 5.39 Å². The summed E-state index contributed by atoms with van der Waals surface area (Å²) < 4.78 is 23.4. The van der Waals surface area contributed by atoms with Crippen molar-refractivity contribution in [1.82, 2.24) is 4.98 Å². The van der Waals surface area contributed by atoms with Gasteiger partial charge in [-0.1, -0.05) is 11.6 Å². The van der Waals surface area contributed by atoms with Crippen LogP contribution in [0.2, 0.25) is 0 Å². The summed E-state index contributed by atoms with van der Waals surface area (Å²) in [5, 5.41) is 0.294. The van der Waals surface area contributed by atoms with Gasteiger partial charge in [0.2, 0.25) is 0 Å².